The van der Waals surface area contributed by atoms with Crippen molar-refractivity contribution < 1.29 is 9.53 Å². The van der Waals surface area contributed by atoms with Gasteiger partial charge in [0, 0.05) is 6.61 Å². The lowest BCUT2D eigenvalue weighted by molar-refractivity contribution is -0.119. The first-order valence-corrected chi connectivity index (χ1v) is 10.2. The molecule has 1 aliphatic rings. The van der Waals surface area contributed by atoms with Crippen LogP contribution in [0.2, 0.25) is 0 Å². The molecule has 1 amide bonds. The van der Waals surface area contributed by atoms with E-state index in [1.165, 1.54) is 22.9 Å². The van der Waals surface area contributed by atoms with E-state index in [1.807, 2.05) is 13.0 Å². The fourth-order valence-electron chi connectivity index (χ4n) is 3.10. The van der Waals surface area contributed by atoms with Crippen LogP contribution in [0.1, 0.15) is 42.5 Å². The first-order valence-electron chi connectivity index (χ1n) is 9.20. The Balaban J connectivity index is 1.56. The fraction of sp³-hybridized carbons (Fsp3) is 0.526. The molecule has 7 nitrogen and oxygen atoms in total. The van der Waals surface area contributed by atoms with Crippen LogP contribution >= 0.6 is 11.8 Å². The number of nitrogens with zero attached hydrogens (tertiary/aromatic N) is 2. The zero-order valence-corrected chi connectivity index (χ0v) is 16.8. The number of benzene rings is 1. The Morgan fingerprint density at radius 2 is 2.26 bits per heavy atom. The van der Waals surface area contributed by atoms with Gasteiger partial charge in [0.1, 0.15) is 0 Å². The van der Waals surface area contributed by atoms with E-state index in [2.05, 4.69) is 41.5 Å². The number of aromatic nitrogens is 3. The average molecular weight is 391 g/mol. The van der Waals surface area contributed by atoms with Gasteiger partial charge in [-0.2, -0.15) is 0 Å². The van der Waals surface area contributed by atoms with Crippen molar-refractivity contribution in [3.8, 4) is 0 Å². The lowest BCUT2D eigenvalue weighted by Crippen LogP contribution is -2.29. The van der Waals surface area contributed by atoms with Crippen molar-refractivity contribution in [1.29, 1.82) is 0 Å². The van der Waals surface area contributed by atoms with E-state index in [-0.39, 0.29) is 29.5 Å². The van der Waals surface area contributed by atoms with Crippen LogP contribution in [0.4, 0.5) is 0 Å². The van der Waals surface area contributed by atoms with Gasteiger partial charge in [-0.3, -0.25) is 9.36 Å². The number of hydrogen-bond acceptors (Lipinski definition) is 5. The fourth-order valence-corrected chi connectivity index (χ4v) is 3.86. The second-order valence-electron chi connectivity index (χ2n) is 6.98. The van der Waals surface area contributed by atoms with Crippen LogP contribution in [0.5, 0.6) is 0 Å². The van der Waals surface area contributed by atoms with Crippen LogP contribution in [-0.4, -0.2) is 39.1 Å². The predicted molar refractivity (Wildman–Crippen MR) is 105 cm³/mol. The van der Waals surface area contributed by atoms with Crippen molar-refractivity contribution in [3.63, 3.8) is 0 Å². The SMILES string of the molecule is Cc1ccc([C@@H](C)NC(=O)CSc2n[nH]c(=O)n2C[C@H]2CCCO2)cc1C. The number of amides is 1. The molecule has 2 atom stereocenters. The van der Waals surface area contributed by atoms with Gasteiger partial charge in [0.15, 0.2) is 5.16 Å². The highest BCUT2D eigenvalue weighted by molar-refractivity contribution is 7.99. The highest BCUT2D eigenvalue weighted by Gasteiger charge is 2.20. The largest absolute Gasteiger partial charge is 0.376 e. The monoisotopic (exact) mass is 390 g/mol. The summed E-state index contributed by atoms with van der Waals surface area (Å²) >= 11 is 1.26. The van der Waals surface area contributed by atoms with Crippen molar-refractivity contribution in [2.45, 2.75) is 57.5 Å². The standard InChI is InChI=1S/C19H26N4O3S/c1-12-6-7-15(9-13(12)2)14(3)20-17(24)11-27-19-22-21-18(25)23(19)10-16-5-4-8-26-16/h6-7,9,14,16H,4-5,8,10-11H2,1-3H3,(H,20,24)(H,21,25)/t14-,16-/m1/s1. The lowest BCUT2D eigenvalue weighted by atomic mass is 10.0. The van der Waals surface area contributed by atoms with Gasteiger partial charge in [-0.25, -0.2) is 9.89 Å². The van der Waals surface area contributed by atoms with Gasteiger partial charge < -0.3 is 10.1 Å². The quantitative estimate of drug-likeness (QED) is 0.709. The minimum atomic E-state index is -0.267. The molecule has 146 valence electrons. The molecule has 0 spiro atoms. The molecule has 2 heterocycles. The van der Waals surface area contributed by atoms with Crippen molar-refractivity contribution in [1.82, 2.24) is 20.1 Å². The number of carbonyl (C=O) groups excluding carboxylic acids is 1. The molecule has 2 N–H and O–H groups in total. The second kappa shape index (κ2) is 8.75. The van der Waals surface area contributed by atoms with Gasteiger partial charge in [0.05, 0.1) is 24.4 Å². The molecule has 1 saturated heterocycles. The molecule has 0 saturated carbocycles. The number of H-pyrrole nitrogens is 1. The molecular formula is C19H26N4O3S. The summed E-state index contributed by atoms with van der Waals surface area (Å²) in [4.78, 5) is 24.3. The third-order valence-electron chi connectivity index (χ3n) is 4.87. The summed E-state index contributed by atoms with van der Waals surface area (Å²) in [6, 6.07) is 6.12. The number of nitrogens with one attached hydrogen (secondary N) is 2. The smallest absolute Gasteiger partial charge is 0.344 e. The predicted octanol–water partition coefficient (Wildman–Crippen LogP) is 2.34. The maximum Gasteiger partial charge on any atom is 0.344 e. The van der Waals surface area contributed by atoms with Gasteiger partial charge in [0.2, 0.25) is 5.91 Å². The first-order chi connectivity index (χ1) is 12.9. The van der Waals surface area contributed by atoms with Crippen LogP contribution in [-0.2, 0) is 16.1 Å². The zero-order chi connectivity index (χ0) is 19.4. The van der Waals surface area contributed by atoms with Crippen LogP contribution in [0, 0.1) is 13.8 Å². The van der Waals surface area contributed by atoms with Crippen LogP contribution in [0.3, 0.4) is 0 Å². The number of carbonyl (C=O) groups is 1. The molecule has 27 heavy (non-hydrogen) atoms. The molecule has 0 aliphatic carbocycles. The number of thioether (sulfide) groups is 1. The van der Waals surface area contributed by atoms with Crippen LogP contribution in [0.25, 0.3) is 0 Å². The number of aromatic amines is 1. The summed E-state index contributed by atoms with van der Waals surface area (Å²) in [5, 5.41) is 10.0. The van der Waals surface area contributed by atoms with E-state index in [4.69, 9.17) is 4.74 Å². The average Bonchev–Trinajstić information content (AvgIpc) is 3.27. The minimum absolute atomic E-state index is 0.0401. The first kappa shape index (κ1) is 19.7. The highest BCUT2D eigenvalue weighted by atomic mass is 32.2. The minimum Gasteiger partial charge on any atom is -0.376 e. The van der Waals surface area contributed by atoms with Gasteiger partial charge in [0.25, 0.3) is 0 Å². The van der Waals surface area contributed by atoms with E-state index in [0.717, 1.165) is 25.0 Å². The van der Waals surface area contributed by atoms with Gasteiger partial charge in [-0.15, -0.1) is 5.10 Å². The number of rotatable bonds is 7. The van der Waals surface area contributed by atoms with Crippen molar-refractivity contribution in [2.24, 2.45) is 0 Å². The van der Waals surface area contributed by atoms with E-state index < -0.39 is 0 Å². The highest BCUT2D eigenvalue weighted by Crippen LogP contribution is 2.19. The summed E-state index contributed by atoms with van der Waals surface area (Å²) in [5.74, 6) is 0.107. The summed E-state index contributed by atoms with van der Waals surface area (Å²) in [6.45, 7) is 7.30. The third-order valence-corrected chi connectivity index (χ3v) is 5.85. The van der Waals surface area contributed by atoms with Crippen molar-refractivity contribution >= 4 is 17.7 Å². The van der Waals surface area contributed by atoms with Crippen LogP contribution in [0.15, 0.2) is 28.2 Å². The summed E-state index contributed by atoms with van der Waals surface area (Å²) in [5.41, 5.74) is 3.25. The summed E-state index contributed by atoms with van der Waals surface area (Å²) in [6.07, 6.45) is 1.99. The molecule has 3 rings (SSSR count). The van der Waals surface area contributed by atoms with Crippen LogP contribution < -0.4 is 11.0 Å². The Kier molecular flexibility index (Phi) is 6.38. The summed E-state index contributed by atoms with van der Waals surface area (Å²) in [7, 11) is 0. The number of ether oxygens (including phenoxy) is 1. The molecule has 0 bridgehead atoms. The molecule has 1 aromatic carbocycles. The third kappa shape index (κ3) is 5.01. The van der Waals surface area contributed by atoms with Gasteiger partial charge in [-0.05, 0) is 50.3 Å². The van der Waals surface area contributed by atoms with E-state index in [0.29, 0.717) is 11.7 Å². The van der Waals surface area contributed by atoms with Gasteiger partial charge in [-0.1, -0.05) is 30.0 Å². The Bertz CT molecular complexity index is 855. The molecule has 1 aliphatic heterocycles. The van der Waals surface area contributed by atoms with E-state index in [1.54, 1.807) is 4.57 Å². The molecule has 0 unspecified atom stereocenters. The Morgan fingerprint density at radius 1 is 1.44 bits per heavy atom. The van der Waals surface area contributed by atoms with E-state index in [9.17, 15) is 9.59 Å². The second-order valence-corrected chi connectivity index (χ2v) is 7.92. The maximum atomic E-state index is 12.3. The Hall–Kier alpha value is -2.06. The molecule has 2 aromatic rings. The topological polar surface area (TPSA) is 89.0 Å². The van der Waals surface area contributed by atoms with E-state index >= 15 is 0 Å². The molecular weight excluding hydrogens is 364 g/mol. The Morgan fingerprint density at radius 3 is 2.96 bits per heavy atom. The zero-order valence-electron chi connectivity index (χ0n) is 15.9. The summed E-state index contributed by atoms with van der Waals surface area (Å²) < 4.78 is 7.15. The van der Waals surface area contributed by atoms with Crippen molar-refractivity contribution in [3.05, 3.63) is 45.4 Å². The van der Waals surface area contributed by atoms with Gasteiger partial charge >= 0.3 is 5.69 Å². The normalized spacial score (nSPS) is 17.8. The molecule has 0 radical (unpaired) electrons. The van der Waals surface area contributed by atoms with Crippen molar-refractivity contribution in [2.75, 3.05) is 12.4 Å². The molecule has 1 aromatic heterocycles. The lowest BCUT2D eigenvalue weighted by Gasteiger charge is -2.16. The Labute approximate surface area is 162 Å². The maximum absolute atomic E-state index is 12.3. The number of aryl methyl sites for hydroxylation is 2. The number of hydrogen-bond donors (Lipinski definition) is 2. The molecule has 1 fully saturated rings. The molecule has 8 heteroatoms.